The maximum absolute atomic E-state index is 12.8. The van der Waals surface area contributed by atoms with Gasteiger partial charge in [-0.15, -0.1) is 0 Å². The molecule has 93 heavy (non-hydrogen) atoms. The van der Waals surface area contributed by atoms with Crippen molar-refractivity contribution in [2.75, 3.05) is 26.4 Å². The SMILES string of the molecule is CC/C=C\C/C=C\C/C=C\C/C=C\C/C=C\C/C=C\C/C=C\C/C=C\C/C=C\CCCCCC(=O)OC(COC(=O)CCCCCCCCCCCCCCCCCCCCC/C=C\C/C=C\C/C=C\C/C=C\C/C=C\C/C=C\C/C=C\CC)COP(=O)(O)OCCN. The predicted molar refractivity (Wildman–Crippen MR) is 403 cm³/mol. The Kier molecular flexibility index (Phi) is 71.7. The van der Waals surface area contributed by atoms with E-state index in [2.05, 4.69) is 208 Å². The molecular weight excluding hydrogens is 1170 g/mol. The molecule has 0 rings (SSSR count). The van der Waals surface area contributed by atoms with Gasteiger partial charge < -0.3 is 20.1 Å². The fourth-order valence-electron chi connectivity index (χ4n) is 9.61. The summed E-state index contributed by atoms with van der Waals surface area (Å²) in [7, 11) is -4.42. The second kappa shape index (κ2) is 75.9. The van der Waals surface area contributed by atoms with Gasteiger partial charge in [-0.25, -0.2) is 4.57 Å². The third-order valence-electron chi connectivity index (χ3n) is 15.0. The molecule has 0 spiro atoms. The van der Waals surface area contributed by atoms with Crippen LogP contribution in [0.15, 0.2) is 194 Å². The van der Waals surface area contributed by atoms with Gasteiger partial charge >= 0.3 is 19.8 Å². The zero-order chi connectivity index (χ0) is 67.2. The summed E-state index contributed by atoms with van der Waals surface area (Å²) in [4.78, 5) is 35.4. The van der Waals surface area contributed by atoms with Gasteiger partial charge in [-0.3, -0.25) is 18.6 Å². The molecule has 0 fully saturated rings. The summed E-state index contributed by atoms with van der Waals surface area (Å²) in [6.07, 6.45) is 115. The van der Waals surface area contributed by atoms with Crippen LogP contribution in [0.5, 0.6) is 0 Å². The van der Waals surface area contributed by atoms with E-state index in [1.165, 1.54) is 109 Å². The molecular formula is C83H134NO8P. The van der Waals surface area contributed by atoms with Crippen molar-refractivity contribution in [3.63, 3.8) is 0 Å². The summed E-state index contributed by atoms with van der Waals surface area (Å²) in [5.41, 5.74) is 5.40. The molecule has 0 aliphatic rings. The standard InChI is InChI=1S/C83H134NO8P/c1-3-5-7-9-11-13-15-17-19-21-23-25-27-29-31-33-35-36-37-38-39-40-41-42-43-44-46-47-49-51-53-55-57-59-61-63-65-67-69-71-73-75-82(85)89-79-81(80-91-93(87,88)90-78-77-84)92-83(86)76-74-72-70-68-66-64-62-60-58-56-54-52-50-48-45-34-32-30-28-26-24-22-20-18-16-14-12-10-8-6-4-2/h5-8,11-14,17-20,23-26,29-32,35-36,38-39,45,48,52,54,58,60,64,66,81H,3-4,9-10,15-16,21-22,27-28,33-34,37,40-44,46-47,49-51,53,55-57,59,61-63,65,67-80,84H2,1-2H3,(H,87,88)/b7-5-,8-6-,13-11-,14-12-,19-17-,20-18-,25-23-,26-24-,31-29-,32-30-,36-35-,39-38-,48-45-,54-52-,60-58-,66-64-. The number of hydrogen-bond acceptors (Lipinski definition) is 8. The number of phosphoric ester groups is 1. The Hall–Kier alpha value is -5.15. The maximum Gasteiger partial charge on any atom is 0.472 e. The number of nitrogens with two attached hydrogens (primary N) is 1. The number of carbonyl (C=O) groups is 2. The molecule has 0 aromatic rings. The molecule has 3 N–H and O–H groups in total. The summed E-state index contributed by atoms with van der Waals surface area (Å²) in [6, 6.07) is 0. The second-order valence-corrected chi connectivity index (χ2v) is 25.1. The first-order valence-electron chi connectivity index (χ1n) is 36.9. The fraction of sp³-hybridized carbons (Fsp3) is 0.590. The molecule has 0 radical (unpaired) electrons. The van der Waals surface area contributed by atoms with Crippen LogP contribution in [0, 0.1) is 0 Å². The lowest BCUT2D eigenvalue weighted by Crippen LogP contribution is -2.29. The first-order chi connectivity index (χ1) is 45.8. The maximum atomic E-state index is 12.8. The predicted octanol–water partition coefficient (Wildman–Crippen LogP) is 24.9. The monoisotopic (exact) mass is 1300 g/mol. The number of esters is 2. The minimum atomic E-state index is -4.42. The summed E-state index contributed by atoms with van der Waals surface area (Å²) in [5, 5.41) is 0. The van der Waals surface area contributed by atoms with Crippen molar-refractivity contribution in [3.05, 3.63) is 194 Å². The normalized spacial score (nSPS) is 14.1. The molecule has 2 unspecified atom stereocenters. The summed E-state index contributed by atoms with van der Waals surface area (Å²) in [6.45, 7) is 3.47. The number of ether oxygens (including phenoxy) is 2. The van der Waals surface area contributed by atoms with Crippen LogP contribution in [-0.2, 0) is 32.7 Å². The molecule has 0 aliphatic carbocycles. The number of rotatable bonds is 67. The van der Waals surface area contributed by atoms with E-state index in [1.54, 1.807) is 0 Å². The highest BCUT2D eigenvalue weighted by molar-refractivity contribution is 7.47. The Morgan fingerprint density at radius 3 is 0.839 bits per heavy atom. The molecule has 0 saturated carbocycles. The highest BCUT2D eigenvalue weighted by Gasteiger charge is 2.26. The van der Waals surface area contributed by atoms with Crippen LogP contribution in [0.2, 0.25) is 0 Å². The summed E-state index contributed by atoms with van der Waals surface area (Å²) < 4.78 is 33.2. The molecule has 0 heterocycles. The minimum Gasteiger partial charge on any atom is -0.462 e. The van der Waals surface area contributed by atoms with E-state index in [0.29, 0.717) is 6.42 Å². The first kappa shape index (κ1) is 87.9. The van der Waals surface area contributed by atoms with E-state index in [0.717, 1.165) is 141 Å². The smallest absolute Gasteiger partial charge is 0.462 e. The van der Waals surface area contributed by atoms with Gasteiger partial charge in [0, 0.05) is 19.4 Å². The van der Waals surface area contributed by atoms with Gasteiger partial charge in [0.15, 0.2) is 6.10 Å². The quantitative estimate of drug-likeness (QED) is 0.0264. The van der Waals surface area contributed by atoms with Crippen LogP contribution in [0.25, 0.3) is 0 Å². The topological polar surface area (TPSA) is 134 Å². The Morgan fingerprint density at radius 1 is 0.323 bits per heavy atom. The van der Waals surface area contributed by atoms with E-state index in [1.807, 2.05) is 0 Å². The van der Waals surface area contributed by atoms with Crippen LogP contribution in [0.3, 0.4) is 0 Å². The van der Waals surface area contributed by atoms with E-state index in [9.17, 15) is 19.0 Å². The second-order valence-electron chi connectivity index (χ2n) is 23.7. The third kappa shape index (κ3) is 75.8. The van der Waals surface area contributed by atoms with E-state index in [4.69, 9.17) is 24.3 Å². The molecule has 0 saturated heterocycles. The molecule has 9 nitrogen and oxygen atoms in total. The number of allylic oxidation sites excluding steroid dienone is 32. The lowest BCUT2D eigenvalue weighted by Gasteiger charge is -2.19. The number of hydrogen-bond donors (Lipinski definition) is 2. The Labute approximate surface area is 570 Å². The third-order valence-corrected chi connectivity index (χ3v) is 16.0. The Morgan fingerprint density at radius 2 is 0.559 bits per heavy atom. The van der Waals surface area contributed by atoms with E-state index in [-0.39, 0.29) is 32.6 Å². The lowest BCUT2D eigenvalue weighted by atomic mass is 10.0. The van der Waals surface area contributed by atoms with Gasteiger partial charge in [-0.05, 0) is 141 Å². The van der Waals surface area contributed by atoms with Crippen molar-refractivity contribution in [2.24, 2.45) is 5.73 Å². The van der Waals surface area contributed by atoms with Gasteiger partial charge in [0.05, 0.1) is 13.2 Å². The molecule has 0 aromatic carbocycles. The average Bonchev–Trinajstić information content (AvgIpc) is 3.70. The molecule has 0 amide bonds. The summed E-state index contributed by atoms with van der Waals surface area (Å²) >= 11 is 0. The van der Waals surface area contributed by atoms with Crippen molar-refractivity contribution in [1.82, 2.24) is 0 Å². The zero-order valence-corrected chi connectivity index (χ0v) is 59.8. The van der Waals surface area contributed by atoms with E-state index < -0.39 is 32.5 Å². The molecule has 0 aliphatic heterocycles. The fourth-order valence-corrected chi connectivity index (χ4v) is 10.4. The first-order valence-corrected chi connectivity index (χ1v) is 38.4. The number of phosphoric acid groups is 1. The van der Waals surface area contributed by atoms with Crippen LogP contribution in [0.1, 0.15) is 284 Å². The van der Waals surface area contributed by atoms with Crippen LogP contribution in [-0.4, -0.2) is 49.3 Å². The minimum absolute atomic E-state index is 0.0390. The molecule has 10 heteroatoms. The van der Waals surface area contributed by atoms with Crippen LogP contribution >= 0.6 is 7.82 Å². The number of carbonyl (C=O) groups excluding carboxylic acids is 2. The van der Waals surface area contributed by atoms with Gasteiger partial charge in [-0.2, -0.15) is 0 Å². The van der Waals surface area contributed by atoms with Crippen LogP contribution in [0.4, 0.5) is 0 Å². The van der Waals surface area contributed by atoms with Crippen molar-refractivity contribution >= 4 is 19.8 Å². The molecule has 2 atom stereocenters. The van der Waals surface area contributed by atoms with Crippen molar-refractivity contribution < 1.29 is 37.6 Å². The highest BCUT2D eigenvalue weighted by Crippen LogP contribution is 2.43. The largest absolute Gasteiger partial charge is 0.472 e. The van der Waals surface area contributed by atoms with Crippen molar-refractivity contribution in [3.8, 4) is 0 Å². The van der Waals surface area contributed by atoms with Crippen LogP contribution < -0.4 is 5.73 Å². The summed E-state index contributed by atoms with van der Waals surface area (Å²) in [5.74, 6) is -0.872. The van der Waals surface area contributed by atoms with Gasteiger partial charge in [0.25, 0.3) is 0 Å². The van der Waals surface area contributed by atoms with Gasteiger partial charge in [0.2, 0.25) is 0 Å². The molecule has 0 aromatic heterocycles. The van der Waals surface area contributed by atoms with Crippen molar-refractivity contribution in [2.45, 2.75) is 290 Å². The Balaban J connectivity index is 3.94. The zero-order valence-electron chi connectivity index (χ0n) is 58.9. The van der Waals surface area contributed by atoms with E-state index >= 15 is 0 Å². The van der Waals surface area contributed by atoms with Crippen molar-refractivity contribution in [1.29, 1.82) is 0 Å². The highest BCUT2D eigenvalue weighted by atomic mass is 31.2. The molecule has 524 valence electrons. The molecule has 0 bridgehead atoms. The average molecular weight is 1300 g/mol. The Bertz CT molecular complexity index is 2230. The number of unbranched alkanes of at least 4 members (excludes halogenated alkanes) is 22. The van der Waals surface area contributed by atoms with Gasteiger partial charge in [0.1, 0.15) is 6.61 Å². The van der Waals surface area contributed by atoms with Gasteiger partial charge in [-0.1, -0.05) is 324 Å². The lowest BCUT2D eigenvalue weighted by molar-refractivity contribution is -0.161.